The second-order valence-corrected chi connectivity index (χ2v) is 6.42. The van der Waals surface area contributed by atoms with Crippen LogP contribution in [0.5, 0.6) is 0 Å². The van der Waals surface area contributed by atoms with E-state index >= 15 is 0 Å². The molecule has 1 heterocycles. The first kappa shape index (κ1) is 14.3. The molecule has 7 heteroatoms. The minimum atomic E-state index is -4.43. The van der Waals surface area contributed by atoms with Crippen LogP contribution in [0.3, 0.4) is 0 Å². The van der Waals surface area contributed by atoms with E-state index in [2.05, 4.69) is 20.9 Å². The van der Waals surface area contributed by atoms with Crippen molar-refractivity contribution in [3.8, 4) is 10.6 Å². The van der Waals surface area contributed by atoms with Gasteiger partial charge < -0.3 is 5.73 Å². The molecule has 108 valence electrons. The van der Waals surface area contributed by atoms with E-state index in [4.69, 9.17) is 5.73 Å². The quantitative estimate of drug-likeness (QED) is 0.586. The second-order valence-electron chi connectivity index (χ2n) is 4.47. The van der Waals surface area contributed by atoms with Crippen LogP contribution in [-0.4, -0.2) is 4.98 Å². The summed E-state index contributed by atoms with van der Waals surface area (Å²) in [5.74, 6) is 0. The predicted molar refractivity (Wildman–Crippen MR) is 82.2 cm³/mol. The molecule has 21 heavy (non-hydrogen) atoms. The highest BCUT2D eigenvalue weighted by atomic mass is 79.9. The molecular weight excluding hydrogens is 365 g/mol. The third-order valence-electron chi connectivity index (χ3n) is 2.88. The SMILES string of the molecule is Nc1cc(-c2nc3ccc(Br)cc3s2)cc(C(F)(F)F)c1. The smallest absolute Gasteiger partial charge is 0.399 e. The molecule has 0 saturated carbocycles. The Hall–Kier alpha value is -1.60. The highest BCUT2D eigenvalue weighted by Gasteiger charge is 2.31. The maximum atomic E-state index is 12.8. The summed E-state index contributed by atoms with van der Waals surface area (Å²) < 4.78 is 40.3. The molecule has 3 rings (SSSR count). The Morgan fingerprint density at radius 1 is 1.10 bits per heavy atom. The third-order valence-corrected chi connectivity index (χ3v) is 4.44. The van der Waals surface area contributed by atoms with Gasteiger partial charge in [-0.25, -0.2) is 4.98 Å². The second kappa shape index (κ2) is 4.99. The lowest BCUT2D eigenvalue weighted by molar-refractivity contribution is -0.137. The molecule has 0 aliphatic carbocycles. The number of halogens is 4. The number of nitrogens with two attached hydrogens (primary N) is 1. The number of benzene rings is 2. The zero-order valence-electron chi connectivity index (χ0n) is 10.4. The summed E-state index contributed by atoms with van der Waals surface area (Å²) in [7, 11) is 0. The van der Waals surface area contributed by atoms with E-state index in [0.717, 1.165) is 26.8 Å². The number of thiazole rings is 1. The Morgan fingerprint density at radius 3 is 2.57 bits per heavy atom. The van der Waals surface area contributed by atoms with E-state index < -0.39 is 11.7 Å². The van der Waals surface area contributed by atoms with Crippen LogP contribution in [0.2, 0.25) is 0 Å². The van der Waals surface area contributed by atoms with Gasteiger partial charge in [0.15, 0.2) is 0 Å². The molecule has 0 aliphatic heterocycles. The van der Waals surface area contributed by atoms with Crippen molar-refractivity contribution < 1.29 is 13.2 Å². The number of hydrogen-bond donors (Lipinski definition) is 1. The molecule has 0 unspecified atom stereocenters. The number of fused-ring (bicyclic) bond motifs is 1. The van der Waals surface area contributed by atoms with Crippen molar-refractivity contribution in [1.29, 1.82) is 0 Å². The molecule has 0 fully saturated rings. The summed E-state index contributed by atoms with van der Waals surface area (Å²) >= 11 is 4.69. The number of aromatic nitrogens is 1. The fourth-order valence-electron chi connectivity index (χ4n) is 1.96. The zero-order valence-corrected chi connectivity index (χ0v) is 12.8. The molecule has 1 aromatic heterocycles. The Labute approximate surface area is 130 Å². The Bertz CT molecular complexity index is 827. The number of rotatable bonds is 1. The first-order valence-corrected chi connectivity index (χ1v) is 7.48. The van der Waals surface area contributed by atoms with Gasteiger partial charge in [-0.2, -0.15) is 13.2 Å². The van der Waals surface area contributed by atoms with Gasteiger partial charge in [-0.05, 0) is 36.4 Å². The fourth-order valence-corrected chi connectivity index (χ4v) is 3.47. The van der Waals surface area contributed by atoms with Crippen LogP contribution >= 0.6 is 27.3 Å². The number of nitrogen functional groups attached to an aromatic ring is 1. The summed E-state index contributed by atoms with van der Waals surface area (Å²) in [6.45, 7) is 0. The van der Waals surface area contributed by atoms with Crippen LogP contribution in [0.15, 0.2) is 40.9 Å². The zero-order chi connectivity index (χ0) is 15.2. The monoisotopic (exact) mass is 372 g/mol. The molecule has 0 saturated heterocycles. The third kappa shape index (κ3) is 2.89. The fraction of sp³-hybridized carbons (Fsp3) is 0.0714. The van der Waals surface area contributed by atoms with Crippen LogP contribution in [0.1, 0.15) is 5.56 Å². The number of nitrogens with zero attached hydrogens (tertiary/aromatic N) is 1. The van der Waals surface area contributed by atoms with Crippen molar-refractivity contribution in [3.63, 3.8) is 0 Å². The lowest BCUT2D eigenvalue weighted by Gasteiger charge is -2.09. The van der Waals surface area contributed by atoms with Crippen LogP contribution in [0.25, 0.3) is 20.8 Å². The lowest BCUT2D eigenvalue weighted by Crippen LogP contribution is -2.05. The average Bonchev–Trinajstić information content (AvgIpc) is 2.80. The van der Waals surface area contributed by atoms with Crippen molar-refractivity contribution in [1.82, 2.24) is 4.98 Å². The van der Waals surface area contributed by atoms with E-state index in [9.17, 15) is 13.2 Å². The molecule has 2 aromatic carbocycles. The van der Waals surface area contributed by atoms with Gasteiger partial charge in [0.05, 0.1) is 15.8 Å². The largest absolute Gasteiger partial charge is 0.416 e. The van der Waals surface area contributed by atoms with Gasteiger partial charge in [0.1, 0.15) is 5.01 Å². The highest BCUT2D eigenvalue weighted by molar-refractivity contribution is 9.10. The van der Waals surface area contributed by atoms with Crippen LogP contribution in [-0.2, 0) is 6.18 Å². The van der Waals surface area contributed by atoms with Gasteiger partial charge in [0, 0.05) is 15.7 Å². The summed E-state index contributed by atoms with van der Waals surface area (Å²) in [6.07, 6.45) is -4.43. The van der Waals surface area contributed by atoms with Crippen LogP contribution < -0.4 is 5.73 Å². The van der Waals surface area contributed by atoms with E-state index in [0.29, 0.717) is 10.6 Å². The minimum Gasteiger partial charge on any atom is -0.399 e. The van der Waals surface area contributed by atoms with Crippen LogP contribution in [0.4, 0.5) is 18.9 Å². The van der Waals surface area contributed by atoms with E-state index in [1.54, 1.807) is 0 Å². The topological polar surface area (TPSA) is 38.9 Å². The molecule has 0 bridgehead atoms. The van der Waals surface area contributed by atoms with E-state index in [1.165, 1.54) is 17.4 Å². The standard InChI is InChI=1S/C14H8BrF3N2S/c15-9-1-2-11-12(6-9)21-13(20-11)7-3-8(14(16,17)18)5-10(19)4-7/h1-6H,19H2. The van der Waals surface area contributed by atoms with Gasteiger partial charge in [0.25, 0.3) is 0 Å². The number of alkyl halides is 3. The van der Waals surface area contributed by atoms with Gasteiger partial charge in [-0.3, -0.25) is 0 Å². The van der Waals surface area contributed by atoms with Crippen molar-refractivity contribution >= 4 is 43.2 Å². The summed E-state index contributed by atoms with van der Waals surface area (Å²) in [4.78, 5) is 4.36. The first-order valence-electron chi connectivity index (χ1n) is 5.87. The molecule has 0 amide bonds. The number of hydrogen-bond acceptors (Lipinski definition) is 3. The molecular formula is C14H8BrF3N2S. The molecule has 2 N–H and O–H groups in total. The summed E-state index contributed by atoms with van der Waals surface area (Å²) in [5, 5.41) is 0.515. The van der Waals surface area contributed by atoms with Crippen LogP contribution in [0, 0.1) is 0 Å². The Kier molecular flexibility index (Phi) is 3.41. The first-order chi connectivity index (χ1) is 9.83. The predicted octanol–water partition coefficient (Wildman–Crippen LogP) is 5.33. The van der Waals surface area contributed by atoms with Gasteiger partial charge in [-0.1, -0.05) is 15.9 Å². The lowest BCUT2D eigenvalue weighted by atomic mass is 10.1. The summed E-state index contributed by atoms with van der Waals surface area (Å²) in [5.41, 5.74) is 6.00. The Balaban J connectivity index is 2.16. The van der Waals surface area contributed by atoms with Crippen molar-refractivity contribution in [2.24, 2.45) is 0 Å². The summed E-state index contributed by atoms with van der Waals surface area (Å²) in [6, 6.07) is 9.04. The maximum absolute atomic E-state index is 12.8. The minimum absolute atomic E-state index is 0.0697. The molecule has 0 atom stereocenters. The molecule has 0 aliphatic rings. The van der Waals surface area contributed by atoms with Gasteiger partial charge in [0.2, 0.25) is 0 Å². The Morgan fingerprint density at radius 2 is 1.86 bits per heavy atom. The van der Waals surface area contributed by atoms with E-state index in [1.807, 2.05) is 18.2 Å². The molecule has 3 aromatic rings. The van der Waals surface area contributed by atoms with Crippen molar-refractivity contribution in [3.05, 3.63) is 46.4 Å². The van der Waals surface area contributed by atoms with Gasteiger partial charge in [-0.15, -0.1) is 11.3 Å². The van der Waals surface area contributed by atoms with Crippen molar-refractivity contribution in [2.45, 2.75) is 6.18 Å². The molecule has 2 nitrogen and oxygen atoms in total. The molecule has 0 spiro atoms. The maximum Gasteiger partial charge on any atom is 0.416 e. The highest BCUT2D eigenvalue weighted by Crippen LogP contribution is 2.37. The average molecular weight is 373 g/mol. The van der Waals surface area contributed by atoms with E-state index in [-0.39, 0.29) is 5.69 Å². The number of anilines is 1. The van der Waals surface area contributed by atoms with Gasteiger partial charge >= 0.3 is 6.18 Å². The normalized spacial score (nSPS) is 12.0. The van der Waals surface area contributed by atoms with Crippen molar-refractivity contribution in [2.75, 3.05) is 5.73 Å². The molecule has 0 radical (unpaired) electrons.